The Hall–Kier alpha value is -2.42. The number of carbonyl (C=O) groups is 1. The minimum Gasteiger partial charge on any atom is -0.494 e. The van der Waals surface area contributed by atoms with Gasteiger partial charge in [0.1, 0.15) is 11.8 Å². The molecule has 3 rings (SSSR count). The van der Waals surface area contributed by atoms with Gasteiger partial charge in [-0.3, -0.25) is 4.79 Å². The first-order valence-electron chi connectivity index (χ1n) is 9.65. The molecular formula is C21H26N2O5S. The minimum atomic E-state index is -3.88. The van der Waals surface area contributed by atoms with Crippen molar-refractivity contribution >= 4 is 15.9 Å². The Morgan fingerprint density at radius 3 is 2.38 bits per heavy atom. The molecule has 1 heterocycles. The summed E-state index contributed by atoms with van der Waals surface area (Å²) in [4.78, 5) is 14.8. The fourth-order valence-corrected chi connectivity index (χ4v) is 4.36. The average Bonchev–Trinajstić information content (AvgIpc) is 2.75. The van der Waals surface area contributed by atoms with Crippen molar-refractivity contribution in [1.82, 2.24) is 9.62 Å². The van der Waals surface area contributed by atoms with E-state index in [1.807, 2.05) is 37.3 Å². The molecule has 1 amide bonds. The third-order valence-electron chi connectivity index (χ3n) is 4.65. The van der Waals surface area contributed by atoms with Crippen molar-refractivity contribution in [3.63, 3.8) is 0 Å². The third kappa shape index (κ3) is 5.79. The molecule has 2 aromatic rings. The highest BCUT2D eigenvalue weighted by Crippen LogP contribution is 2.17. The number of nitrogens with zero attached hydrogens (tertiary/aromatic N) is 1. The van der Waals surface area contributed by atoms with Crippen LogP contribution in [0.1, 0.15) is 12.5 Å². The maximum absolute atomic E-state index is 13.1. The van der Waals surface area contributed by atoms with Crippen molar-refractivity contribution in [3.8, 4) is 5.75 Å². The van der Waals surface area contributed by atoms with Gasteiger partial charge in [0.2, 0.25) is 15.9 Å². The number of benzene rings is 2. The van der Waals surface area contributed by atoms with Crippen molar-refractivity contribution in [2.24, 2.45) is 0 Å². The van der Waals surface area contributed by atoms with Crippen LogP contribution in [0.3, 0.4) is 0 Å². The van der Waals surface area contributed by atoms with Crippen LogP contribution in [0.25, 0.3) is 0 Å². The van der Waals surface area contributed by atoms with E-state index in [0.717, 1.165) is 5.56 Å². The standard InChI is InChI=1S/C21H26N2O5S/c1-2-28-18-8-10-19(11-9-18)29(25,26)22-20(16-17-6-4-3-5-7-17)21(24)23-12-14-27-15-13-23/h3-11,20,22H,2,12-16H2,1H3/t20-/m0/s1. The summed E-state index contributed by atoms with van der Waals surface area (Å²) in [5.41, 5.74) is 0.883. The summed E-state index contributed by atoms with van der Waals surface area (Å²) in [7, 11) is -3.88. The Bertz CT molecular complexity index is 894. The molecule has 0 saturated carbocycles. The summed E-state index contributed by atoms with van der Waals surface area (Å²) in [5, 5.41) is 0. The van der Waals surface area contributed by atoms with E-state index in [-0.39, 0.29) is 17.2 Å². The quantitative estimate of drug-likeness (QED) is 0.707. The minimum absolute atomic E-state index is 0.0915. The highest BCUT2D eigenvalue weighted by atomic mass is 32.2. The second-order valence-corrected chi connectivity index (χ2v) is 8.42. The van der Waals surface area contributed by atoms with Gasteiger partial charge in [-0.05, 0) is 43.2 Å². The van der Waals surface area contributed by atoms with E-state index in [1.165, 1.54) is 12.1 Å². The second-order valence-electron chi connectivity index (χ2n) is 6.71. The Morgan fingerprint density at radius 2 is 1.76 bits per heavy atom. The number of morpholine rings is 1. The number of carbonyl (C=O) groups excluding carboxylic acids is 1. The lowest BCUT2D eigenvalue weighted by Crippen LogP contribution is -2.52. The van der Waals surface area contributed by atoms with E-state index in [4.69, 9.17) is 9.47 Å². The van der Waals surface area contributed by atoms with Crippen LogP contribution < -0.4 is 9.46 Å². The first kappa shape index (κ1) is 21.3. The lowest BCUT2D eigenvalue weighted by molar-refractivity contribution is -0.137. The largest absolute Gasteiger partial charge is 0.494 e. The molecule has 0 spiro atoms. The number of rotatable bonds is 8. The number of amides is 1. The van der Waals surface area contributed by atoms with Gasteiger partial charge in [-0.1, -0.05) is 30.3 Å². The summed E-state index contributed by atoms with van der Waals surface area (Å²) in [6.45, 7) is 4.17. The predicted molar refractivity (Wildman–Crippen MR) is 109 cm³/mol. The molecule has 1 atom stereocenters. The maximum atomic E-state index is 13.1. The molecule has 1 fully saturated rings. The topological polar surface area (TPSA) is 84.9 Å². The van der Waals surface area contributed by atoms with E-state index in [1.54, 1.807) is 17.0 Å². The Kier molecular flexibility index (Phi) is 7.24. The molecule has 0 unspecified atom stereocenters. The second kappa shape index (κ2) is 9.87. The van der Waals surface area contributed by atoms with Crippen molar-refractivity contribution in [1.29, 1.82) is 0 Å². The van der Waals surface area contributed by atoms with E-state index in [2.05, 4.69) is 4.72 Å². The Morgan fingerprint density at radius 1 is 1.10 bits per heavy atom. The van der Waals surface area contributed by atoms with Crippen molar-refractivity contribution in [3.05, 3.63) is 60.2 Å². The zero-order valence-corrected chi connectivity index (χ0v) is 17.2. The molecule has 8 heteroatoms. The van der Waals surface area contributed by atoms with E-state index in [9.17, 15) is 13.2 Å². The summed E-state index contributed by atoms with van der Waals surface area (Å²) < 4.78 is 39.2. The first-order chi connectivity index (χ1) is 14.0. The lowest BCUT2D eigenvalue weighted by atomic mass is 10.1. The lowest BCUT2D eigenvalue weighted by Gasteiger charge is -2.30. The molecule has 0 aliphatic carbocycles. The van der Waals surface area contributed by atoms with Gasteiger partial charge in [0, 0.05) is 13.1 Å². The van der Waals surface area contributed by atoms with Gasteiger partial charge in [-0.15, -0.1) is 0 Å². The Labute approximate surface area is 171 Å². The van der Waals surface area contributed by atoms with Crippen LogP contribution in [0, 0.1) is 0 Å². The number of hydrogen-bond donors (Lipinski definition) is 1. The van der Waals surface area contributed by atoms with Gasteiger partial charge < -0.3 is 14.4 Å². The molecule has 0 bridgehead atoms. The molecule has 2 aromatic carbocycles. The fourth-order valence-electron chi connectivity index (χ4n) is 3.17. The molecule has 0 radical (unpaired) electrons. The van der Waals surface area contributed by atoms with Crippen molar-refractivity contribution < 1.29 is 22.7 Å². The van der Waals surface area contributed by atoms with Crippen molar-refractivity contribution in [2.45, 2.75) is 24.3 Å². The number of nitrogens with one attached hydrogen (secondary N) is 1. The molecule has 1 aliphatic rings. The zero-order valence-electron chi connectivity index (χ0n) is 16.4. The van der Waals surface area contributed by atoms with Crippen LogP contribution in [-0.2, 0) is 26.0 Å². The molecule has 7 nitrogen and oxygen atoms in total. The van der Waals surface area contributed by atoms with E-state index < -0.39 is 16.1 Å². The number of ether oxygens (including phenoxy) is 2. The fraction of sp³-hybridized carbons (Fsp3) is 0.381. The molecule has 1 saturated heterocycles. The van der Waals surface area contributed by atoms with Gasteiger partial charge in [0.05, 0.1) is 24.7 Å². The maximum Gasteiger partial charge on any atom is 0.241 e. The smallest absolute Gasteiger partial charge is 0.241 e. The molecule has 1 aliphatic heterocycles. The average molecular weight is 419 g/mol. The van der Waals surface area contributed by atoms with Gasteiger partial charge in [-0.25, -0.2) is 8.42 Å². The van der Waals surface area contributed by atoms with Crippen LogP contribution in [0.15, 0.2) is 59.5 Å². The van der Waals surface area contributed by atoms with Crippen LogP contribution in [-0.4, -0.2) is 58.2 Å². The van der Waals surface area contributed by atoms with Crippen LogP contribution in [0.4, 0.5) is 0 Å². The summed E-state index contributed by atoms with van der Waals surface area (Å²) in [5.74, 6) is 0.350. The first-order valence-corrected chi connectivity index (χ1v) is 11.1. The SMILES string of the molecule is CCOc1ccc(S(=O)(=O)N[C@@H](Cc2ccccc2)C(=O)N2CCOCC2)cc1. The van der Waals surface area contributed by atoms with Gasteiger partial charge in [0.15, 0.2) is 0 Å². The van der Waals surface area contributed by atoms with Crippen LogP contribution in [0.5, 0.6) is 5.75 Å². The van der Waals surface area contributed by atoms with Gasteiger partial charge in [-0.2, -0.15) is 4.72 Å². The molecule has 1 N–H and O–H groups in total. The summed E-state index contributed by atoms with van der Waals surface area (Å²) in [6.07, 6.45) is 0.271. The van der Waals surface area contributed by atoms with E-state index >= 15 is 0 Å². The normalized spacial score (nSPS) is 15.7. The van der Waals surface area contributed by atoms with Crippen molar-refractivity contribution in [2.75, 3.05) is 32.9 Å². The molecular weight excluding hydrogens is 392 g/mol. The van der Waals surface area contributed by atoms with Crippen LogP contribution >= 0.6 is 0 Å². The summed E-state index contributed by atoms with van der Waals surface area (Å²) >= 11 is 0. The van der Waals surface area contributed by atoms with Gasteiger partial charge in [0.25, 0.3) is 0 Å². The Balaban J connectivity index is 1.81. The molecule has 29 heavy (non-hydrogen) atoms. The third-order valence-corrected chi connectivity index (χ3v) is 6.13. The molecule has 0 aromatic heterocycles. The summed E-state index contributed by atoms with van der Waals surface area (Å²) in [6, 6.07) is 14.6. The highest BCUT2D eigenvalue weighted by molar-refractivity contribution is 7.89. The monoisotopic (exact) mass is 418 g/mol. The van der Waals surface area contributed by atoms with E-state index in [0.29, 0.717) is 38.7 Å². The zero-order chi connectivity index (χ0) is 20.7. The highest BCUT2D eigenvalue weighted by Gasteiger charge is 2.30. The van der Waals surface area contributed by atoms with Crippen LogP contribution in [0.2, 0.25) is 0 Å². The molecule has 156 valence electrons. The predicted octanol–water partition coefficient (Wildman–Crippen LogP) is 1.83. The number of sulfonamides is 1. The number of hydrogen-bond acceptors (Lipinski definition) is 5. The van der Waals surface area contributed by atoms with Gasteiger partial charge >= 0.3 is 0 Å².